The monoisotopic (exact) mass is 346 g/mol. The number of benzene rings is 1. The van der Waals surface area contributed by atoms with E-state index in [1.54, 1.807) is 45.3 Å². The largest absolute Gasteiger partial charge is 0.344 e. The number of carbonyl (C=O) groups is 1. The summed E-state index contributed by atoms with van der Waals surface area (Å²) in [7, 11) is -3.53. The van der Waals surface area contributed by atoms with E-state index in [1.807, 2.05) is 30.3 Å². The van der Waals surface area contributed by atoms with Gasteiger partial charge in [-0.2, -0.15) is 0 Å². The third kappa shape index (κ3) is 4.41. The highest BCUT2D eigenvalue weighted by molar-refractivity contribution is 7.93. The predicted octanol–water partition coefficient (Wildman–Crippen LogP) is 2.50. The average Bonchev–Trinajstić information content (AvgIpc) is 2.53. The van der Waals surface area contributed by atoms with E-state index >= 15 is 0 Å². The van der Waals surface area contributed by atoms with E-state index in [1.165, 1.54) is 0 Å². The number of nitrogens with one attached hydrogen (secondary N) is 1. The minimum Gasteiger partial charge on any atom is -0.344 e. The van der Waals surface area contributed by atoms with E-state index < -0.39 is 32.3 Å². The second-order valence-electron chi connectivity index (χ2n) is 6.56. The highest BCUT2D eigenvalue weighted by Gasteiger charge is 2.32. The highest BCUT2D eigenvalue weighted by Crippen LogP contribution is 2.22. The molecule has 1 N–H and O–H groups in total. The molecule has 1 heterocycles. The Morgan fingerprint density at radius 1 is 1.04 bits per heavy atom. The van der Waals surface area contributed by atoms with Gasteiger partial charge in [-0.25, -0.2) is 8.42 Å². The van der Waals surface area contributed by atoms with Crippen molar-refractivity contribution in [3.05, 3.63) is 66.0 Å². The molecule has 24 heavy (non-hydrogen) atoms. The molecule has 2 aromatic rings. The minimum atomic E-state index is -3.53. The fourth-order valence-corrected chi connectivity index (χ4v) is 3.01. The molecule has 1 aromatic heterocycles. The number of aromatic nitrogens is 1. The first-order chi connectivity index (χ1) is 11.2. The quantitative estimate of drug-likeness (QED) is 0.902. The van der Waals surface area contributed by atoms with E-state index in [0.717, 1.165) is 11.1 Å². The number of nitrogens with zero attached hydrogens (tertiary/aromatic N) is 1. The molecule has 0 saturated heterocycles. The average molecular weight is 346 g/mol. The van der Waals surface area contributed by atoms with Gasteiger partial charge < -0.3 is 5.32 Å². The summed E-state index contributed by atoms with van der Waals surface area (Å²) in [4.78, 5) is 16.3. The first kappa shape index (κ1) is 18.1. The zero-order chi connectivity index (χ0) is 17.8. The fourth-order valence-electron chi connectivity index (χ4n) is 2.15. The molecule has 128 valence electrons. The minimum absolute atomic E-state index is 0.420. The summed E-state index contributed by atoms with van der Waals surface area (Å²) in [6.45, 7) is 4.77. The van der Waals surface area contributed by atoms with Crippen molar-refractivity contribution < 1.29 is 13.2 Å². The Bertz CT molecular complexity index is 743. The van der Waals surface area contributed by atoms with E-state index in [4.69, 9.17) is 0 Å². The van der Waals surface area contributed by atoms with Gasteiger partial charge in [0.15, 0.2) is 9.84 Å². The van der Waals surface area contributed by atoms with Crippen LogP contribution in [0, 0.1) is 0 Å². The van der Waals surface area contributed by atoms with Crippen molar-refractivity contribution in [3.8, 4) is 0 Å². The number of rotatable bonds is 5. The van der Waals surface area contributed by atoms with Crippen LogP contribution in [0.2, 0.25) is 0 Å². The molecule has 0 bridgehead atoms. The molecule has 1 atom stereocenters. The molecule has 1 amide bonds. The lowest BCUT2D eigenvalue weighted by Crippen LogP contribution is -2.39. The summed E-state index contributed by atoms with van der Waals surface area (Å²) in [6.07, 6.45) is 3.28. The van der Waals surface area contributed by atoms with E-state index in [2.05, 4.69) is 10.3 Å². The maximum Gasteiger partial charge on any atom is 0.235 e. The predicted molar refractivity (Wildman–Crippen MR) is 94.2 cm³/mol. The van der Waals surface area contributed by atoms with Crippen LogP contribution in [0.1, 0.15) is 37.9 Å². The van der Waals surface area contributed by atoms with Gasteiger partial charge >= 0.3 is 0 Å². The van der Waals surface area contributed by atoms with Crippen molar-refractivity contribution >= 4 is 15.7 Å². The Morgan fingerprint density at radius 2 is 1.58 bits per heavy atom. The Balaban J connectivity index is 2.26. The summed E-state index contributed by atoms with van der Waals surface area (Å²) in [5.41, 5.74) is 1.72. The Labute approximate surface area is 143 Å². The number of hydrogen-bond donors (Lipinski definition) is 1. The molecular weight excluding hydrogens is 324 g/mol. The topological polar surface area (TPSA) is 76.1 Å². The molecule has 5 nitrogen and oxygen atoms in total. The van der Waals surface area contributed by atoms with Crippen LogP contribution >= 0.6 is 0 Å². The van der Waals surface area contributed by atoms with Crippen LogP contribution in [0.3, 0.4) is 0 Å². The molecule has 1 aromatic carbocycles. The van der Waals surface area contributed by atoms with Crippen molar-refractivity contribution in [3.63, 3.8) is 0 Å². The zero-order valence-electron chi connectivity index (χ0n) is 14.1. The van der Waals surface area contributed by atoms with Crippen molar-refractivity contribution in [2.45, 2.75) is 31.6 Å². The standard InChI is InChI=1S/C18H22N2O3S/c1-18(2,3)24(22,23)13-16(21)20-17(14-7-5-4-6-8-14)15-9-11-19-12-10-15/h4-12,17H,13H2,1-3H3,(H,20,21)/t17-/m1/s1. The molecule has 0 spiro atoms. The van der Waals surface area contributed by atoms with Gasteiger partial charge in [-0.1, -0.05) is 30.3 Å². The number of carbonyl (C=O) groups excluding carboxylic acids is 1. The molecular formula is C18H22N2O3S. The van der Waals surface area contributed by atoms with Crippen molar-refractivity contribution in [1.82, 2.24) is 10.3 Å². The number of amides is 1. The first-order valence-corrected chi connectivity index (χ1v) is 9.32. The Hall–Kier alpha value is -2.21. The third-order valence-corrected chi connectivity index (χ3v) is 6.24. The SMILES string of the molecule is CC(C)(C)S(=O)(=O)CC(=O)N[C@H](c1ccccc1)c1ccncc1. The smallest absolute Gasteiger partial charge is 0.235 e. The lowest BCUT2D eigenvalue weighted by molar-refractivity contribution is -0.119. The zero-order valence-corrected chi connectivity index (χ0v) is 14.9. The summed E-state index contributed by atoms with van der Waals surface area (Å²) in [5, 5.41) is 2.83. The van der Waals surface area contributed by atoms with Gasteiger partial charge in [0.05, 0.1) is 10.8 Å². The summed E-state index contributed by atoms with van der Waals surface area (Å²) >= 11 is 0. The number of pyridine rings is 1. The van der Waals surface area contributed by atoms with Crippen molar-refractivity contribution in [2.24, 2.45) is 0 Å². The van der Waals surface area contributed by atoms with Crippen LogP contribution in [-0.2, 0) is 14.6 Å². The van der Waals surface area contributed by atoms with E-state index in [-0.39, 0.29) is 0 Å². The summed E-state index contributed by atoms with van der Waals surface area (Å²) < 4.78 is 23.5. The molecule has 6 heteroatoms. The molecule has 0 saturated carbocycles. The molecule has 0 aliphatic carbocycles. The summed E-state index contributed by atoms with van der Waals surface area (Å²) in [5.74, 6) is -1.05. The van der Waals surface area contributed by atoms with E-state index in [0.29, 0.717) is 0 Å². The van der Waals surface area contributed by atoms with Crippen LogP contribution in [0.4, 0.5) is 0 Å². The highest BCUT2D eigenvalue weighted by atomic mass is 32.2. The van der Waals surface area contributed by atoms with Crippen molar-refractivity contribution in [1.29, 1.82) is 0 Å². The molecule has 0 unspecified atom stereocenters. The van der Waals surface area contributed by atoms with E-state index in [9.17, 15) is 13.2 Å². The maximum atomic E-state index is 12.4. The van der Waals surface area contributed by atoms with Crippen LogP contribution in [0.25, 0.3) is 0 Å². The number of hydrogen-bond acceptors (Lipinski definition) is 4. The summed E-state index contributed by atoms with van der Waals surface area (Å²) in [6, 6.07) is 12.6. The first-order valence-electron chi connectivity index (χ1n) is 7.67. The lowest BCUT2D eigenvalue weighted by atomic mass is 10.00. The van der Waals surface area contributed by atoms with Gasteiger partial charge in [0, 0.05) is 12.4 Å². The maximum absolute atomic E-state index is 12.4. The van der Waals surface area contributed by atoms with Crippen LogP contribution in [-0.4, -0.2) is 29.8 Å². The van der Waals surface area contributed by atoms with Crippen LogP contribution < -0.4 is 5.32 Å². The molecule has 0 radical (unpaired) electrons. The molecule has 2 rings (SSSR count). The van der Waals surface area contributed by atoms with Gasteiger partial charge in [0.1, 0.15) is 5.75 Å². The van der Waals surface area contributed by atoms with Crippen molar-refractivity contribution in [2.75, 3.05) is 5.75 Å². The van der Waals surface area contributed by atoms with Gasteiger partial charge in [0.25, 0.3) is 0 Å². The van der Waals surface area contributed by atoms with Gasteiger partial charge in [-0.05, 0) is 44.0 Å². The molecule has 0 fully saturated rings. The Morgan fingerprint density at radius 3 is 2.12 bits per heavy atom. The second kappa shape index (κ2) is 7.13. The van der Waals surface area contributed by atoms with Crippen LogP contribution in [0.15, 0.2) is 54.9 Å². The lowest BCUT2D eigenvalue weighted by Gasteiger charge is -2.22. The van der Waals surface area contributed by atoms with Gasteiger partial charge in [-0.15, -0.1) is 0 Å². The molecule has 0 aliphatic heterocycles. The normalized spacial score (nSPS) is 13.3. The second-order valence-corrected chi connectivity index (χ2v) is 9.31. The van der Waals surface area contributed by atoms with Gasteiger partial charge in [-0.3, -0.25) is 9.78 Å². The number of sulfone groups is 1. The molecule has 0 aliphatic rings. The third-order valence-electron chi connectivity index (χ3n) is 3.73. The fraction of sp³-hybridized carbons (Fsp3) is 0.333. The Kier molecular flexibility index (Phi) is 5.39. The van der Waals surface area contributed by atoms with Crippen LogP contribution in [0.5, 0.6) is 0 Å². The van der Waals surface area contributed by atoms with Gasteiger partial charge in [0.2, 0.25) is 5.91 Å².